The Kier molecular flexibility index (Phi) is 4.20. The molecule has 5 heteroatoms. The van der Waals surface area contributed by atoms with Gasteiger partial charge in [-0.3, -0.25) is 4.79 Å². The summed E-state index contributed by atoms with van der Waals surface area (Å²) in [7, 11) is 0. The van der Waals surface area contributed by atoms with Crippen molar-refractivity contribution in [2.75, 3.05) is 6.26 Å². The highest BCUT2D eigenvalue weighted by molar-refractivity contribution is 7.99. The van der Waals surface area contributed by atoms with Crippen LogP contribution < -0.4 is 0 Å². The Morgan fingerprint density at radius 2 is 2.00 bits per heavy atom. The maximum absolute atomic E-state index is 12.4. The molecular formula is C13H21NO3S. The van der Waals surface area contributed by atoms with Gasteiger partial charge < -0.3 is 10.0 Å². The summed E-state index contributed by atoms with van der Waals surface area (Å²) < 4.78 is 0. The first-order valence-corrected chi connectivity index (χ1v) is 7.92. The molecule has 1 saturated carbocycles. The number of carbonyl (C=O) groups is 2. The summed E-state index contributed by atoms with van der Waals surface area (Å²) in [6, 6.07) is -0.429. The fourth-order valence-electron chi connectivity index (χ4n) is 3.31. The molecule has 102 valence electrons. The van der Waals surface area contributed by atoms with Crippen LogP contribution in [0.15, 0.2) is 0 Å². The fraction of sp³-hybridized carbons (Fsp3) is 0.846. The van der Waals surface area contributed by atoms with Crippen molar-refractivity contribution < 1.29 is 14.7 Å². The van der Waals surface area contributed by atoms with E-state index < -0.39 is 12.0 Å². The first-order chi connectivity index (χ1) is 8.56. The molecular weight excluding hydrogens is 250 g/mol. The van der Waals surface area contributed by atoms with Crippen LogP contribution in [-0.4, -0.2) is 45.5 Å². The van der Waals surface area contributed by atoms with Crippen molar-refractivity contribution in [3.8, 4) is 0 Å². The van der Waals surface area contributed by atoms with Crippen LogP contribution >= 0.6 is 11.8 Å². The van der Waals surface area contributed by atoms with Crippen molar-refractivity contribution in [2.24, 2.45) is 5.92 Å². The molecule has 0 spiro atoms. The van der Waals surface area contributed by atoms with E-state index in [4.69, 9.17) is 0 Å². The quantitative estimate of drug-likeness (QED) is 0.852. The topological polar surface area (TPSA) is 57.6 Å². The van der Waals surface area contributed by atoms with E-state index in [1.165, 1.54) is 18.2 Å². The second-order valence-electron chi connectivity index (χ2n) is 5.33. The third-order valence-corrected chi connectivity index (χ3v) is 5.24. The van der Waals surface area contributed by atoms with Gasteiger partial charge in [0.15, 0.2) is 0 Å². The summed E-state index contributed by atoms with van der Waals surface area (Å²) >= 11 is 1.49. The van der Waals surface area contributed by atoms with Gasteiger partial charge in [-0.05, 0) is 38.4 Å². The molecule has 0 radical (unpaired) electrons. The molecule has 1 amide bonds. The van der Waals surface area contributed by atoms with E-state index in [1.807, 2.05) is 13.2 Å². The summed E-state index contributed by atoms with van der Waals surface area (Å²) in [5.74, 6) is -0.437. The average Bonchev–Trinajstić information content (AvgIpc) is 2.76. The highest BCUT2D eigenvalue weighted by Crippen LogP contribution is 2.40. The van der Waals surface area contributed by atoms with Gasteiger partial charge in [0.25, 0.3) is 0 Å². The van der Waals surface area contributed by atoms with Gasteiger partial charge in [-0.2, -0.15) is 11.8 Å². The van der Waals surface area contributed by atoms with Crippen LogP contribution in [0.4, 0.5) is 0 Å². The standard InChI is InChI=1S/C13H21NO3S/c1-8(18-2)12(15)14-10-6-4-3-5-9(10)7-11(14)13(16)17/h8-11H,3-7H2,1-2H3,(H,16,17). The van der Waals surface area contributed by atoms with Gasteiger partial charge in [-0.15, -0.1) is 0 Å². The van der Waals surface area contributed by atoms with Gasteiger partial charge in [0.05, 0.1) is 5.25 Å². The number of thioether (sulfide) groups is 1. The normalized spacial score (nSPS) is 33.0. The lowest BCUT2D eigenvalue weighted by molar-refractivity contribution is -0.149. The van der Waals surface area contributed by atoms with E-state index in [9.17, 15) is 14.7 Å². The lowest BCUT2D eigenvalue weighted by Crippen LogP contribution is -2.49. The third kappa shape index (κ3) is 2.37. The number of amides is 1. The number of carbonyl (C=O) groups excluding carboxylic acids is 1. The molecule has 0 aromatic rings. The molecule has 4 atom stereocenters. The lowest BCUT2D eigenvalue weighted by Gasteiger charge is -2.34. The Balaban J connectivity index is 2.21. The Bertz CT molecular complexity index is 347. The van der Waals surface area contributed by atoms with Gasteiger partial charge in [0.2, 0.25) is 5.91 Å². The third-order valence-electron chi connectivity index (χ3n) is 4.33. The zero-order chi connectivity index (χ0) is 13.3. The molecule has 0 bridgehead atoms. The highest BCUT2D eigenvalue weighted by atomic mass is 32.2. The number of fused-ring (bicyclic) bond motifs is 1. The molecule has 1 aliphatic heterocycles. The van der Waals surface area contributed by atoms with E-state index in [-0.39, 0.29) is 17.2 Å². The Morgan fingerprint density at radius 1 is 1.33 bits per heavy atom. The van der Waals surface area contributed by atoms with Crippen molar-refractivity contribution in [3.05, 3.63) is 0 Å². The van der Waals surface area contributed by atoms with Gasteiger partial charge in [-0.25, -0.2) is 4.79 Å². The van der Waals surface area contributed by atoms with Crippen LogP contribution in [0.2, 0.25) is 0 Å². The van der Waals surface area contributed by atoms with Crippen molar-refractivity contribution in [2.45, 2.75) is 56.4 Å². The molecule has 1 N–H and O–H groups in total. The molecule has 18 heavy (non-hydrogen) atoms. The molecule has 0 aromatic carbocycles. The predicted molar refractivity (Wildman–Crippen MR) is 71.6 cm³/mol. The molecule has 1 aliphatic carbocycles. The monoisotopic (exact) mass is 271 g/mol. The first-order valence-electron chi connectivity index (χ1n) is 6.64. The van der Waals surface area contributed by atoms with Crippen molar-refractivity contribution in [3.63, 3.8) is 0 Å². The van der Waals surface area contributed by atoms with E-state index in [0.717, 1.165) is 19.3 Å². The number of hydrogen-bond donors (Lipinski definition) is 1. The molecule has 2 fully saturated rings. The maximum atomic E-state index is 12.4. The minimum atomic E-state index is -0.842. The molecule has 0 aromatic heterocycles. The fourth-order valence-corrected chi connectivity index (χ4v) is 3.63. The molecule has 4 unspecified atom stereocenters. The highest BCUT2D eigenvalue weighted by Gasteiger charge is 2.48. The second-order valence-corrected chi connectivity index (χ2v) is 6.50. The number of carboxylic acid groups (broad SMARTS) is 1. The summed E-state index contributed by atoms with van der Waals surface area (Å²) in [6.07, 6.45) is 6.88. The second kappa shape index (κ2) is 5.51. The summed E-state index contributed by atoms with van der Waals surface area (Å²) in [4.78, 5) is 25.4. The van der Waals surface area contributed by atoms with Gasteiger partial charge in [-0.1, -0.05) is 12.8 Å². The minimum absolute atomic E-state index is 0.00398. The minimum Gasteiger partial charge on any atom is -0.480 e. The van der Waals surface area contributed by atoms with Crippen molar-refractivity contribution in [1.82, 2.24) is 4.90 Å². The van der Waals surface area contributed by atoms with Gasteiger partial charge in [0, 0.05) is 6.04 Å². The van der Waals surface area contributed by atoms with E-state index >= 15 is 0 Å². The molecule has 1 heterocycles. The number of likely N-dealkylation sites (tertiary alicyclic amines) is 1. The smallest absolute Gasteiger partial charge is 0.326 e. The van der Waals surface area contributed by atoms with E-state index in [1.54, 1.807) is 4.90 Å². The number of rotatable bonds is 3. The Labute approximate surface area is 112 Å². The molecule has 1 saturated heterocycles. The van der Waals surface area contributed by atoms with Crippen molar-refractivity contribution >= 4 is 23.6 Å². The lowest BCUT2D eigenvalue weighted by atomic mass is 9.84. The van der Waals surface area contributed by atoms with Crippen molar-refractivity contribution in [1.29, 1.82) is 0 Å². The van der Waals surface area contributed by atoms with Crippen LogP contribution in [0.25, 0.3) is 0 Å². The predicted octanol–water partition coefficient (Wildman–Crippen LogP) is 1.98. The molecule has 4 nitrogen and oxygen atoms in total. The summed E-state index contributed by atoms with van der Waals surface area (Å²) in [5.41, 5.74) is 0. The number of nitrogens with zero attached hydrogens (tertiary/aromatic N) is 1. The maximum Gasteiger partial charge on any atom is 0.326 e. The Hall–Kier alpha value is -0.710. The SMILES string of the molecule is CSC(C)C(=O)N1C(C(=O)O)CC2CCCCC21. The zero-order valence-electron chi connectivity index (χ0n) is 11.0. The zero-order valence-corrected chi connectivity index (χ0v) is 11.8. The largest absolute Gasteiger partial charge is 0.480 e. The van der Waals surface area contributed by atoms with E-state index in [0.29, 0.717) is 12.3 Å². The molecule has 2 rings (SSSR count). The van der Waals surface area contributed by atoms with Gasteiger partial charge in [0.1, 0.15) is 6.04 Å². The van der Waals surface area contributed by atoms with Crippen LogP contribution in [0.1, 0.15) is 39.0 Å². The summed E-state index contributed by atoms with van der Waals surface area (Å²) in [5, 5.41) is 9.19. The number of hydrogen-bond acceptors (Lipinski definition) is 3. The van der Waals surface area contributed by atoms with Crippen LogP contribution in [0.5, 0.6) is 0 Å². The van der Waals surface area contributed by atoms with Crippen LogP contribution in [-0.2, 0) is 9.59 Å². The van der Waals surface area contributed by atoms with Gasteiger partial charge >= 0.3 is 5.97 Å². The first kappa shape index (κ1) is 13.7. The number of carboxylic acids is 1. The van der Waals surface area contributed by atoms with Crippen LogP contribution in [0, 0.1) is 5.92 Å². The average molecular weight is 271 g/mol. The summed E-state index contributed by atoms with van der Waals surface area (Å²) in [6.45, 7) is 1.86. The molecule has 2 aliphatic rings. The van der Waals surface area contributed by atoms with E-state index in [2.05, 4.69) is 0 Å². The van der Waals surface area contributed by atoms with Crippen LogP contribution in [0.3, 0.4) is 0 Å². The Morgan fingerprint density at radius 3 is 2.61 bits per heavy atom. The number of aliphatic carboxylic acids is 1.